The zero-order valence-corrected chi connectivity index (χ0v) is 16.7. The number of nitrogens with one attached hydrogen (secondary N) is 2. The van der Waals surface area contributed by atoms with Gasteiger partial charge in [-0.3, -0.25) is 15.1 Å². The van der Waals surface area contributed by atoms with Gasteiger partial charge in [-0.2, -0.15) is 0 Å². The minimum atomic E-state index is -0.367. The number of hydrogen-bond donors (Lipinski definition) is 2. The number of nitro benzene ring substituents is 1. The SMILES string of the molecule is O=[N+]([O-])c1ccc(NC[C@H](c2cccs2)c2c[nH]c3ccccc23)c2ccncc12. The van der Waals surface area contributed by atoms with Crippen LogP contribution in [0.25, 0.3) is 21.7 Å². The fourth-order valence-corrected chi connectivity index (χ4v) is 4.78. The van der Waals surface area contributed by atoms with E-state index in [1.165, 1.54) is 21.9 Å². The van der Waals surface area contributed by atoms with Crippen molar-refractivity contribution in [2.75, 3.05) is 11.9 Å². The van der Waals surface area contributed by atoms with Gasteiger partial charge in [0.2, 0.25) is 0 Å². The van der Waals surface area contributed by atoms with Crippen LogP contribution in [0.4, 0.5) is 11.4 Å². The average molecular weight is 414 g/mol. The van der Waals surface area contributed by atoms with E-state index >= 15 is 0 Å². The summed E-state index contributed by atoms with van der Waals surface area (Å²) < 4.78 is 0. The first-order valence-corrected chi connectivity index (χ1v) is 10.4. The smallest absolute Gasteiger partial charge is 0.278 e. The van der Waals surface area contributed by atoms with Gasteiger partial charge in [-0.05, 0) is 35.2 Å². The first-order chi connectivity index (χ1) is 14.7. The van der Waals surface area contributed by atoms with Crippen LogP contribution < -0.4 is 5.32 Å². The summed E-state index contributed by atoms with van der Waals surface area (Å²) in [5, 5.41) is 19.5. The van der Waals surface area contributed by atoms with Crippen molar-refractivity contribution in [2.24, 2.45) is 0 Å². The lowest BCUT2D eigenvalue weighted by Gasteiger charge is -2.18. The van der Waals surface area contributed by atoms with Crippen LogP contribution in [0.15, 0.2) is 78.6 Å². The van der Waals surface area contributed by atoms with Crippen LogP contribution in [-0.4, -0.2) is 21.4 Å². The maximum absolute atomic E-state index is 11.4. The lowest BCUT2D eigenvalue weighted by Crippen LogP contribution is -2.13. The summed E-state index contributed by atoms with van der Waals surface area (Å²) in [5.74, 6) is 0.147. The molecule has 30 heavy (non-hydrogen) atoms. The van der Waals surface area contributed by atoms with Crippen LogP contribution in [-0.2, 0) is 0 Å². The number of nitro groups is 1. The first-order valence-electron chi connectivity index (χ1n) is 9.57. The molecule has 0 aliphatic carbocycles. The number of anilines is 1. The first kappa shape index (κ1) is 18.3. The number of benzene rings is 2. The zero-order chi connectivity index (χ0) is 20.5. The van der Waals surface area contributed by atoms with Gasteiger partial charge in [0.15, 0.2) is 0 Å². The third-order valence-electron chi connectivity index (χ3n) is 5.37. The highest BCUT2D eigenvalue weighted by atomic mass is 32.1. The molecule has 0 aliphatic heterocycles. The Bertz CT molecular complexity index is 1340. The Morgan fingerprint density at radius 3 is 2.80 bits per heavy atom. The van der Waals surface area contributed by atoms with E-state index in [-0.39, 0.29) is 16.5 Å². The van der Waals surface area contributed by atoms with Gasteiger partial charge in [0.25, 0.3) is 5.69 Å². The van der Waals surface area contributed by atoms with Gasteiger partial charge in [0.1, 0.15) is 0 Å². The monoisotopic (exact) mass is 414 g/mol. The molecule has 0 saturated heterocycles. The summed E-state index contributed by atoms with van der Waals surface area (Å²) >= 11 is 1.73. The molecular weight excluding hydrogens is 396 g/mol. The summed E-state index contributed by atoms with van der Waals surface area (Å²) in [5.41, 5.74) is 3.27. The fourth-order valence-electron chi connectivity index (χ4n) is 3.94. The van der Waals surface area contributed by atoms with Crippen LogP contribution in [0, 0.1) is 10.1 Å². The molecule has 0 spiro atoms. The highest BCUT2D eigenvalue weighted by molar-refractivity contribution is 7.10. The Hall–Kier alpha value is -3.71. The molecule has 5 aromatic rings. The number of pyridine rings is 1. The number of H-pyrrole nitrogens is 1. The van der Waals surface area contributed by atoms with E-state index in [2.05, 4.69) is 57.2 Å². The van der Waals surface area contributed by atoms with Crippen molar-refractivity contribution >= 4 is 44.4 Å². The van der Waals surface area contributed by atoms with E-state index in [1.54, 1.807) is 29.8 Å². The molecule has 1 atom stereocenters. The van der Waals surface area contributed by atoms with E-state index < -0.39 is 0 Å². The maximum atomic E-state index is 11.4. The van der Waals surface area contributed by atoms with Gasteiger partial charge in [-0.15, -0.1) is 11.3 Å². The number of hydrogen-bond acceptors (Lipinski definition) is 5. The van der Waals surface area contributed by atoms with Crippen molar-refractivity contribution in [1.82, 2.24) is 9.97 Å². The summed E-state index contributed by atoms with van der Waals surface area (Å²) in [6.07, 6.45) is 5.29. The molecule has 0 radical (unpaired) electrons. The number of aromatic nitrogens is 2. The zero-order valence-electron chi connectivity index (χ0n) is 15.9. The van der Waals surface area contributed by atoms with Gasteiger partial charge in [-0.25, -0.2) is 0 Å². The lowest BCUT2D eigenvalue weighted by molar-refractivity contribution is -0.383. The minimum Gasteiger partial charge on any atom is -0.384 e. The second kappa shape index (κ2) is 7.61. The number of rotatable bonds is 6. The van der Waals surface area contributed by atoms with E-state index in [4.69, 9.17) is 0 Å². The lowest BCUT2D eigenvalue weighted by atomic mass is 9.96. The van der Waals surface area contributed by atoms with E-state index in [0.717, 1.165) is 16.6 Å². The van der Waals surface area contributed by atoms with E-state index in [1.807, 2.05) is 12.1 Å². The molecule has 148 valence electrons. The third-order valence-corrected chi connectivity index (χ3v) is 6.36. The Morgan fingerprint density at radius 2 is 1.97 bits per heavy atom. The van der Waals surface area contributed by atoms with Gasteiger partial charge < -0.3 is 10.3 Å². The average Bonchev–Trinajstić information content (AvgIpc) is 3.45. The van der Waals surface area contributed by atoms with Crippen molar-refractivity contribution in [1.29, 1.82) is 0 Å². The number of aromatic amines is 1. The van der Waals surface area contributed by atoms with Gasteiger partial charge in [-0.1, -0.05) is 24.3 Å². The highest BCUT2D eigenvalue weighted by Gasteiger charge is 2.20. The standard InChI is InChI=1S/C23H18N4O2S/c28-27(29)22-8-7-21(16-9-10-24-12-18(16)22)26-14-19(23-6-3-11-30-23)17-13-25-20-5-2-1-4-15(17)20/h1-13,19,25-26H,14H2/t19-/m0/s1. The number of fused-ring (bicyclic) bond motifs is 2. The topological polar surface area (TPSA) is 83.9 Å². The molecule has 3 heterocycles. The van der Waals surface area contributed by atoms with Crippen LogP contribution in [0.5, 0.6) is 0 Å². The Morgan fingerprint density at radius 1 is 1.07 bits per heavy atom. The normalized spacial score (nSPS) is 12.3. The fraction of sp³-hybridized carbons (Fsp3) is 0.0870. The predicted molar refractivity (Wildman–Crippen MR) is 121 cm³/mol. The Kier molecular flexibility index (Phi) is 4.65. The maximum Gasteiger partial charge on any atom is 0.278 e. The molecule has 2 aromatic carbocycles. The molecule has 0 unspecified atom stereocenters. The van der Waals surface area contributed by atoms with Crippen molar-refractivity contribution in [3.63, 3.8) is 0 Å². The van der Waals surface area contributed by atoms with Crippen molar-refractivity contribution in [3.8, 4) is 0 Å². The number of nitrogens with zero attached hydrogens (tertiary/aromatic N) is 2. The van der Waals surface area contributed by atoms with Crippen molar-refractivity contribution in [3.05, 3.63) is 99.1 Å². The van der Waals surface area contributed by atoms with Crippen molar-refractivity contribution in [2.45, 2.75) is 5.92 Å². The largest absolute Gasteiger partial charge is 0.384 e. The number of para-hydroxylation sites is 1. The molecule has 2 N–H and O–H groups in total. The molecule has 7 heteroatoms. The summed E-state index contributed by atoms with van der Waals surface area (Å²) in [6, 6.07) is 17.6. The summed E-state index contributed by atoms with van der Waals surface area (Å²) in [6.45, 7) is 0.664. The number of non-ortho nitro benzene ring substituents is 1. The molecule has 5 rings (SSSR count). The Balaban J connectivity index is 1.53. The van der Waals surface area contributed by atoms with E-state index in [9.17, 15) is 10.1 Å². The second-order valence-electron chi connectivity index (χ2n) is 7.05. The highest BCUT2D eigenvalue weighted by Crippen LogP contribution is 2.35. The molecule has 6 nitrogen and oxygen atoms in total. The van der Waals surface area contributed by atoms with E-state index in [0.29, 0.717) is 11.9 Å². The minimum absolute atomic E-state index is 0.0649. The number of thiophene rings is 1. The van der Waals surface area contributed by atoms with Gasteiger partial charge in [0, 0.05) is 64.0 Å². The van der Waals surface area contributed by atoms with Crippen LogP contribution in [0.2, 0.25) is 0 Å². The summed E-state index contributed by atoms with van der Waals surface area (Å²) in [7, 11) is 0. The Labute approximate surface area is 176 Å². The van der Waals surface area contributed by atoms with Crippen LogP contribution >= 0.6 is 11.3 Å². The quantitative estimate of drug-likeness (QED) is 0.266. The van der Waals surface area contributed by atoms with Gasteiger partial charge in [0.05, 0.1) is 10.3 Å². The van der Waals surface area contributed by atoms with Crippen molar-refractivity contribution < 1.29 is 4.92 Å². The summed E-state index contributed by atoms with van der Waals surface area (Å²) in [4.78, 5) is 19.7. The molecule has 0 fully saturated rings. The predicted octanol–water partition coefficient (Wildman–Crippen LogP) is 5.93. The van der Waals surface area contributed by atoms with Crippen LogP contribution in [0.3, 0.4) is 0 Å². The molecule has 0 aliphatic rings. The third kappa shape index (κ3) is 3.19. The second-order valence-corrected chi connectivity index (χ2v) is 8.03. The van der Waals surface area contributed by atoms with Crippen LogP contribution in [0.1, 0.15) is 16.4 Å². The molecule has 0 saturated carbocycles. The van der Waals surface area contributed by atoms with Gasteiger partial charge >= 0.3 is 0 Å². The molecule has 0 bridgehead atoms. The molecule has 0 amide bonds. The molecule has 3 aromatic heterocycles. The molecular formula is C23H18N4O2S.